The molecule has 5 unspecified atom stereocenters. The summed E-state index contributed by atoms with van der Waals surface area (Å²) in [6.45, 7) is 3.93. The van der Waals surface area contributed by atoms with E-state index in [1.807, 2.05) is 0 Å². The molecule has 5 nitrogen and oxygen atoms in total. The molecular weight excluding hydrogens is 436 g/mol. The van der Waals surface area contributed by atoms with Crippen molar-refractivity contribution in [2.75, 3.05) is 26.2 Å². The number of nitrogens with zero attached hydrogens (tertiary/aromatic N) is 1. The first-order chi connectivity index (χ1) is 17.3. The van der Waals surface area contributed by atoms with E-state index in [0.717, 1.165) is 45.2 Å². The molecule has 0 spiro atoms. The van der Waals surface area contributed by atoms with E-state index in [1.54, 1.807) is 0 Å². The van der Waals surface area contributed by atoms with E-state index in [2.05, 4.69) is 58.8 Å². The van der Waals surface area contributed by atoms with Crippen LogP contribution in [-0.4, -0.2) is 60.9 Å². The highest BCUT2D eigenvalue weighted by molar-refractivity contribution is 5.36. The van der Waals surface area contributed by atoms with Crippen molar-refractivity contribution in [1.82, 2.24) is 10.2 Å². The topological polar surface area (TPSA) is 61.8 Å². The van der Waals surface area contributed by atoms with E-state index >= 15 is 0 Å². The van der Waals surface area contributed by atoms with Crippen LogP contribution in [0.1, 0.15) is 77.0 Å². The van der Waals surface area contributed by atoms with E-state index in [4.69, 9.17) is 4.74 Å². The van der Waals surface area contributed by atoms with E-state index in [-0.39, 0.29) is 6.10 Å². The Labute approximate surface area is 213 Å². The minimum atomic E-state index is -0.220. The van der Waals surface area contributed by atoms with Gasteiger partial charge in [0.2, 0.25) is 0 Å². The van der Waals surface area contributed by atoms with Crippen molar-refractivity contribution >= 4 is 6.47 Å². The van der Waals surface area contributed by atoms with Crippen molar-refractivity contribution in [2.24, 2.45) is 11.8 Å². The summed E-state index contributed by atoms with van der Waals surface area (Å²) in [4.78, 5) is 12.8. The van der Waals surface area contributed by atoms with Gasteiger partial charge in [-0.25, -0.2) is 0 Å². The second-order valence-corrected chi connectivity index (χ2v) is 10.4. The average Bonchev–Trinajstić information content (AvgIpc) is 3.20. The lowest BCUT2D eigenvalue weighted by Crippen LogP contribution is -2.37. The molecule has 35 heavy (non-hydrogen) atoms. The second-order valence-electron chi connectivity index (χ2n) is 10.4. The summed E-state index contributed by atoms with van der Waals surface area (Å²) >= 11 is 0. The molecule has 3 rings (SSSR count). The SMILES string of the molecule is O=COCCCCCCCCCCCC(O)CNCCCCN1C2C=CC=CC2C2C=CC=CC21. The number of allylic oxidation sites excluding steroid dienone is 4. The van der Waals surface area contributed by atoms with Crippen molar-refractivity contribution in [1.29, 1.82) is 0 Å². The fourth-order valence-corrected chi connectivity index (χ4v) is 5.86. The normalized spacial score (nSPS) is 25.5. The zero-order valence-electron chi connectivity index (χ0n) is 21.6. The van der Waals surface area contributed by atoms with Gasteiger partial charge in [-0.2, -0.15) is 0 Å². The van der Waals surface area contributed by atoms with Crippen LogP contribution in [0.2, 0.25) is 0 Å². The van der Waals surface area contributed by atoms with Crippen molar-refractivity contribution < 1.29 is 14.6 Å². The first-order valence-electron chi connectivity index (χ1n) is 14.2. The highest BCUT2D eigenvalue weighted by Crippen LogP contribution is 2.41. The monoisotopic (exact) mass is 484 g/mol. The zero-order chi connectivity index (χ0) is 24.6. The number of carbonyl (C=O) groups excluding carboxylic acids is 1. The highest BCUT2D eigenvalue weighted by atomic mass is 16.5. The van der Waals surface area contributed by atoms with E-state index in [0.29, 0.717) is 43.5 Å². The Balaban J connectivity index is 1.13. The van der Waals surface area contributed by atoms with Crippen molar-refractivity contribution in [3.8, 4) is 0 Å². The maximum Gasteiger partial charge on any atom is 0.293 e. The van der Waals surface area contributed by atoms with Gasteiger partial charge in [0.1, 0.15) is 0 Å². The maximum atomic E-state index is 10.3. The fourth-order valence-electron chi connectivity index (χ4n) is 5.86. The molecule has 0 radical (unpaired) electrons. The molecule has 196 valence electrons. The number of aliphatic hydroxyl groups is 1. The second kappa shape index (κ2) is 16.9. The first-order valence-corrected chi connectivity index (χ1v) is 14.2. The van der Waals surface area contributed by atoms with Crippen LogP contribution in [0.25, 0.3) is 0 Å². The van der Waals surface area contributed by atoms with E-state index in [1.165, 1.54) is 44.9 Å². The van der Waals surface area contributed by atoms with Gasteiger partial charge >= 0.3 is 0 Å². The number of rotatable bonds is 20. The molecule has 2 N–H and O–H groups in total. The number of hydrogen-bond acceptors (Lipinski definition) is 5. The van der Waals surface area contributed by atoms with Gasteiger partial charge in [-0.05, 0) is 38.8 Å². The van der Waals surface area contributed by atoms with Gasteiger partial charge in [-0.3, -0.25) is 9.69 Å². The van der Waals surface area contributed by atoms with Crippen LogP contribution in [0.4, 0.5) is 0 Å². The maximum absolute atomic E-state index is 10.3. The number of ether oxygens (including phenoxy) is 1. The number of hydrogen-bond donors (Lipinski definition) is 2. The number of fused-ring (bicyclic) bond motifs is 3. The lowest BCUT2D eigenvalue weighted by molar-refractivity contribution is -0.128. The van der Waals surface area contributed by atoms with Crippen molar-refractivity contribution in [3.05, 3.63) is 48.6 Å². The van der Waals surface area contributed by atoms with E-state index in [9.17, 15) is 9.90 Å². The van der Waals surface area contributed by atoms with Crippen LogP contribution in [0.5, 0.6) is 0 Å². The summed E-state index contributed by atoms with van der Waals surface area (Å²) in [6.07, 6.45) is 32.3. The molecule has 0 saturated carbocycles. The predicted octanol–water partition coefficient (Wildman–Crippen LogP) is 5.33. The number of carbonyl (C=O) groups is 1. The number of nitrogens with one attached hydrogen (secondary N) is 1. The lowest BCUT2D eigenvalue weighted by atomic mass is 9.83. The summed E-state index contributed by atoms with van der Waals surface area (Å²) in [7, 11) is 0. The van der Waals surface area contributed by atoms with Crippen LogP contribution in [-0.2, 0) is 9.53 Å². The van der Waals surface area contributed by atoms with Gasteiger partial charge in [0, 0.05) is 30.5 Å². The third kappa shape index (κ3) is 9.70. The quantitative estimate of drug-likeness (QED) is 0.181. The lowest BCUT2D eigenvalue weighted by Gasteiger charge is -2.29. The Hall–Kier alpha value is -1.69. The van der Waals surface area contributed by atoms with Crippen LogP contribution in [0, 0.1) is 11.8 Å². The summed E-state index contributed by atoms with van der Waals surface area (Å²) in [5.41, 5.74) is 0. The zero-order valence-corrected chi connectivity index (χ0v) is 21.6. The largest absolute Gasteiger partial charge is 0.468 e. The van der Waals surface area contributed by atoms with Crippen molar-refractivity contribution in [2.45, 2.75) is 95.2 Å². The van der Waals surface area contributed by atoms with Crippen LogP contribution in [0.15, 0.2) is 48.6 Å². The van der Waals surface area contributed by atoms with Crippen LogP contribution in [0.3, 0.4) is 0 Å². The Morgan fingerprint density at radius 1 is 0.771 bits per heavy atom. The molecule has 0 aromatic heterocycles. The minimum absolute atomic E-state index is 0.220. The third-order valence-electron chi connectivity index (χ3n) is 7.77. The Morgan fingerprint density at radius 2 is 1.34 bits per heavy atom. The summed E-state index contributed by atoms with van der Waals surface area (Å²) in [5, 5.41) is 13.7. The molecule has 1 aliphatic heterocycles. The molecule has 0 aromatic carbocycles. The van der Waals surface area contributed by atoms with Gasteiger partial charge in [-0.1, -0.05) is 100.0 Å². The number of likely N-dealkylation sites (tertiary alicyclic amines) is 1. The summed E-state index contributed by atoms with van der Waals surface area (Å²) < 4.78 is 4.70. The summed E-state index contributed by atoms with van der Waals surface area (Å²) in [6, 6.07) is 1.07. The Morgan fingerprint density at radius 3 is 1.97 bits per heavy atom. The fraction of sp³-hybridized carbons (Fsp3) is 0.700. The average molecular weight is 485 g/mol. The van der Waals surface area contributed by atoms with Gasteiger partial charge in [0.25, 0.3) is 6.47 Å². The van der Waals surface area contributed by atoms with Gasteiger partial charge in [0.05, 0.1) is 12.7 Å². The van der Waals surface area contributed by atoms with Gasteiger partial charge in [-0.15, -0.1) is 0 Å². The summed E-state index contributed by atoms with van der Waals surface area (Å²) in [5.74, 6) is 1.22. The first kappa shape index (κ1) is 27.9. The number of aliphatic hydroxyl groups excluding tert-OH is 1. The molecule has 0 bridgehead atoms. The minimum Gasteiger partial charge on any atom is -0.468 e. The molecule has 5 heteroatoms. The van der Waals surface area contributed by atoms with Crippen LogP contribution >= 0.6 is 0 Å². The molecule has 2 aliphatic carbocycles. The molecule has 0 amide bonds. The molecule has 1 saturated heterocycles. The Bertz CT molecular complexity index is 668. The molecular formula is C30H48N2O3. The molecule has 1 heterocycles. The molecule has 0 aromatic rings. The van der Waals surface area contributed by atoms with Gasteiger partial charge in [0.15, 0.2) is 0 Å². The standard InChI is InChI=1S/C30H48N2O3/c33-25-35-23-15-7-5-3-1-2-4-6-8-16-26(34)24-31-21-13-14-22-32-29-19-11-9-17-27(29)28-18-10-12-20-30(28)32/h9-12,17-20,25-31,34H,1-8,13-16,21-24H2. The molecule has 1 fully saturated rings. The highest BCUT2D eigenvalue weighted by Gasteiger charge is 2.44. The smallest absolute Gasteiger partial charge is 0.293 e. The van der Waals surface area contributed by atoms with E-state index < -0.39 is 0 Å². The number of unbranched alkanes of at least 4 members (excludes halogenated alkanes) is 9. The van der Waals surface area contributed by atoms with Crippen molar-refractivity contribution in [3.63, 3.8) is 0 Å². The van der Waals surface area contributed by atoms with Crippen LogP contribution < -0.4 is 5.32 Å². The Kier molecular flexibility index (Phi) is 13.5. The van der Waals surface area contributed by atoms with Gasteiger partial charge < -0.3 is 15.2 Å². The predicted molar refractivity (Wildman–Crippen MR) is 144 cm³/mol. The molecule has 3 aliphatic rings. The third-order valence-corrected chi connectivity index (χ3v) is 7.77. The molecule has 5 atom stereocenters.